The molecular formula is C25H19F3I6O9S. The standard InChI is InChI=1S/C25H19F3I6O9S/c1-24(25(26,27)28,9-44(38,39)40)43-23(37)12-3-10(21(35)41-19-15(31)5-13(29)6-16(19)32)2-11(4-12)22(36)42-20-17(33)7-14(30)8-18(20)34/h5-8,10-12H,2-4,9H2,1H3,(H,38,39,40). The predicted octanol–water partition coefficient (Wildman–Crippen LogP) is 7.61. The summed E-state index contributed by atoms with van der Waals surface area (Å²) in [6, 6.07) is 7.07. The maximum atomic E-state index is 13.9. The molecule has 0 aromatic heterocycles. The Labute approximate surface area is 332 Å². The van der Waals surface area contributed by atoms with Crippen LogP contribution in [0.25, 0.3) is 0 Å². The topological polar surface area (TPSA) is 133 Å². The van der Waals surface area contributed by atoms with E-state index >= 15 is 0 Å². The molecule has 0 heterocycles. The molecule has 1 aliphatic carbocycles. The number of hydrogen-bond acceptors (Lipinski definition) is 8. The van der Waals surface area contributed by atoms with Crippen LogP contribution in [0.5, 0.6) is 11.5 Å². The number of rotatable bonds is 8. The third-order valence-corrected chi connectivity index (χ3v) is 11.8. The Hall–Kier alpha value is 0.930. The first kappa shape index (κ1) is 39.4. The van der Waals surface area contributed by atoms with Gasteiger partial charge in [0.1, 0.15) is 5.75 Å². The van der Waals surface area contributed by atoms with Crippen LogP contribution in [0.2, 0.25) is 0 Å². The summed E-state index contributed by atoms with van der Waals surface area (Å²) in [5.41, 5.74) is -3.60. The molecule has 3 unspecified atom stereocenters. The third kappa shape index (κ3) is 10.5. The van der Waals surface area contributed by atoms with Gasteiger partial charge >= 0.3 is 24.1 Å². The van der Waals surface area contributed by atoms with Crippen LogP contribution in [0, 0.1) is 39.2 Å². The number of ether oxygens (including phenoxy) is 3. The summed E-state index contributed by atoms with van der Waals surface area (Å²) in [4.78, 5) is 40.0. The minimum Gasteiger partial charge on any atom is -0.448 e. The highest BCUT2D eigenvalue weighted by atomic mass is 127. The van der Waals surface area contributed by atoms with Gasteiger partial charge in [0.2, 0.25) is 5.60 Å². The molecule has 2 aromatic carbocycles. The molecule has 0 aliphatic heterocycles. The van der Waals surface area contributed by atoms with E-state index in [1.807, 2.05) is 90.4 Å². The molecule has 0 amide bonds. The van der Waals surface area contributed by atoms with Crippen molar-refractivity contribution in [3.63, 3.8) is 0 Å². The Morgan fingerprint density at radius 1 is 0.750 bits per heavy atom. The van der Waals surface area contributed by atoms with Gasteiger partial charge in [0, 0.05) is 7.14 Å². The Morgan fingerprint density at radius 3 is 1.36 bits per heavy atom. The van der Waals surface area contributed by atoms with Gasteiger partial charge in [-0.05, 0) is 186 Å². The Bertz CT molecular complexity index is 1460. The van der Waals surface area contributed by atoms with Crippen LogP contribution in [0.3, 0.4) is 0 Å². The monoisotopic (exact) mass is 1310 g/mol. The van der Waals surface area contributed by atoms with Crippen LogP contribution >= 0.6 is 136 Å². The zero-order chi connectivity index (χ0) is 33.4. The third-order valence-electron chi connectivity index (χ3n) is 6.42. The summed E-state index contributed by atoms with van der Waals surface area (Å²) in [5.74, 6) is -8.24. The highest BCUT2D eigenvalue weighted by Gasteiger charge is 2.58. The fraction of sp³-hybridized carbons (Fsp3) is 0.400. The molecule has 1 saturated carbocycles. The lowest BCUT2D eigenvalue weighted by molar-refractivity contribution is -0.258. The Morgan fingerprint density at radius 2 is 1.07 bits per heavy atom. The molecule has 242 valence electrons. The van der Waals surface area contributed by atoms with Crippen molar-refractivity contribution >= 4 is 164 Å². The quantitative estimate of drug-likeness (QED) is 0.123. The molecule has 1 aliphatic rings. The molecule has 2 aromatic rings. The summed E-state index contributed by atoms with van der Waals surface area (Å²) < 4.78 is 93.7. The van der Waals surface area contributed by atoms with Gasteiger partial charge < -0.3 is 14.2 Å². The highest BCUT2D eigenvalue weighted by Crippen LogP contribution is 2.41. The average molecular weight is 1310 g/mol. The van der Waals surface area contributed by atoms with E-state index in [9.17, 15) is 36.0 Å². The van der Waals surface area contributed by atoms with Crippen molar-refractivity contribution in [2.45, 2.75) is 38.0 Å². The van der Waals surface area contributed by atoms with E-state index in [2.05, 4.69) is 45.2 Å². The number of benzene rings is 2. The second-order valence-corrected chi connectivity index (χ2v) is 18.5. The number of esters is 3. The van der Waals surface area contributed by atoms with E-state index in [4.69, 9.17) is 18.8 Å². The lowest BCUT2D eigenvalue weighted by atomic mass is 9.75. The molecule has 9 nitrogen and oxygen atoms in total. The van der Waals surface area contributed by atoms with E-state index in [-0.39, 0.29) is 30.8 Å². The lowest BCUT2D eigenvalue weighted by Crippen LogP contribution is -2.52. The molecular weight excluding hydrogens is 1290 g/mol. The summed E-state index contributed by atoms with van der Waals surface area (Å²) in [6.45, 7) is 0.320. The largest absolute Gasteiger partial charge is 0.448 e. The second-order valence-electron chi connectivity index (χ2n) is 9.91. The van der Waals surface area contributed by atoms with Crippen LogP contribution in [0.4, 0.5) is 13.2 Å². The van der Waals surface area contributed by atoms with E-state index in [0.29, 0.717) is 21.2 Å². The first-order valence-electron chi connectivity index (χ1n) is 12.1. The zero-order valence-corrected chi connectivity index (χ0v) is 35.7. The van der Waals surface area contributed by atoms with Gasteiger partial charge in [-0.15, -0.1) is 0 Å². The fourth-order valence-corrected chi connectivity index (χ4v) is 12.9. The molecule has 0 bridgehead atoms. The maximum absolute atomic E-state index is 13.9. The van der Waals surface area contributed by atoms with Crippen molar-refractivity contribution in [2.24, 2.45) is 17.8 Å². The molecule has 3 atom stereocenters. The van der Waals surface area contributed by atoms with Crippen molar-refractivity contribution in [3.8, 4) is 11.5 Å². The van der Waals surface area contributed by atoms with Gasteiger partial charge in [0.05, 0.1) is 32.0 Å². The zero-order valence-electron chi connectivity index (χ0n) is 21.9. The number of alkyl halides is 3. The summed E-state index contributed by atoms with van der Waals surface area (Å²) in [5, 5.41) is 0. The molecule has 19 heteroatoms. The lowest BCUT2D eigenvalue weighted by Gasteiger charge is -2.35. The second kappa shape index (κ2) is 15.6. The van der Waals surface area contributed by atoms with Crippen LogP contribution in [0.15, 0.2) is 24.3 Å². The van der Waals surface area contributed by atoms with Crippen molar-refractivity contribution in [1.82, 2.24) is 0 Å². The summed E-state index contributed by atoms with van der Waals surface area (Å²) >= 11 is 12.1. The number of hydrogen-bond donors (Lipinski definition) is 1. The van der Waals surface area contributed by atoms with Gasteiger partial charge in [-0.25, -0.2) is 0 Å². The van der Waals surface area contributed by atoms with E-state index in [1.165, 1.54) is 0 Å². The number of halogens is 9. The average Bonchev–Trinajstić information content (AvgIpc) is 2.85. The van der Waals surface area contributed by atoms with E-state index < -0.39 is 63.3 Å². The Balaban J connectivity index is 1.95. The van der Waals surface area contributed by atoms with Crippen molar-refractivity contribution in [2.75, 3.05) is 5.75 Å². The van der Waals surface area contributed by atoms with Crippen molar-refractivity contribution < 1.29 is 54.7 Å². The first-order valence-corrected chi connectivity index (χ1v) is 20.2. The normalized spacial score (nSPS) is 20.4. The summed E-state index contributed by atoms with van der Waals surface area (Å²) in [7, 11) is -5.23. The van der Waals surface area contributed by atoms with Gasteiger partial charge in [-0.2, -0.15) is 21.6 Å². The fourth-order valence-electron chi connectivity index (χ4n) is 4.34. The van der Waals surface area contributed by atoms with E-state index in [0.717, 1.165) is 7.14 Å². The minimum atomic E-state index is -5.37. The number of carbonyl (C=O) groups excluding carboxylic acids is 3. The van der Waals surface area contributed by atoms with Gasteiger partial charge in [0.25, 0.3) is 10.1 Å². The molecule has 0 saturated heterocycles. The molecule has 0 spiro atoms. The summed E-state index contributed by atoms with van der Waals surface area (Å²) in [6.07, 6.45) is -6.17. The van der Waals surface area contributed by atoms with Crippen LogP contribution < -0.4 is 9.47 Å². The van der Waals surface area contributed by atoms with Crippen LogP contribution in [-0.2, 0) is 29.2 Å². The SMILES string of the molecule is CC(CS(=O)(=O)O)(OC(=O)C1CC(C(=O)Oc2c(I)cc(I)cc2I)CC(C(=O)Oc2c(I)cc(I)cc2I)C1)C(F)(F)F. The predicted molar refractivity (Wildman–Crippen MR) is 202 cm³/mol. The van der Waals surface area contributed by atoms with Crippen molar-refractivity contribution in [1.29, 1.82) is 0 Å². The van der Waals surface area contributed by atoms with Gasteiger partial charge in [-0.3, -0.25) is 18.9 Å². The van der Waals surface area contributed by atoms with Gasteiger partial charge in [-0.1, -0.05) is 0 Å². The molecule has 1 N–H and O–H groups in total. The van der Waals surface area contributed by atoms with E-state index in [1.54, 1.807) is 24.3 Å². The molecule has 44 heavy (non-hydrogen) atoms. The Kier molecular flexibility index (Phi) is 14.0. The smallest absolute Gasteiger partial charge is 0.429 e. The van der Waals surface area contributed by atoms with Crippen molar-refractivity contribution in [3.05, 3.63) is 45.7 Å². The molecule has 1 fully saturated rings. The van der Waals surface area contributed by atoms with Crippen LogP contribution in [0.1, 0.15) is 26.2 Å². The van der Waals surface area contributed by atoms with Gasteiger partial charge in [0.15, 0.2) is 11.5 Å². The maximum Gasteiger partial charge on any atom is 0.429 e. The number of carbonyl (C=O) groups is 3. The molecule has 0 radical (unpaired) electrons. The first-order chi connectivity index (χ1) is 20.1. The molecule has 3 rings (SSSR count). The van der Waals surface area contributed by atoms with Crippen LogP contribution in [-0.4, -0.2) is 48.4 Å². The minimum absolute atomic E-state index is 0.127. The highest BCUT2D eigenvalue weighted by molar-refractivity contribution is 14.1.